The quantitative estimate of drug-likeness (QED) is 0.767. The van der Waals surface area contributed by atoms with Crippen LogP contribution in [0.2, 0.25) is 0 Å². The average molecular weight is 266 g/mol. The van der Waals surface area contributed by atoms with Crippen LogP contribution in [0, 0.1) is 0 Å². The molecule has 1 fully saturated rings. The number of pyridine rings is 1. The molecule has 1 aromatic rings. The molecule has 1 amide bonds. The number of amides is 1. The van der Waals surface area contributed by atoms with Crippen molar-refractivity contribution in [3.8, 4) is 0 Å². The molecule has 5 N–H and O–H groups in total. The Morgan fingerprint density at radius 2 is 2.28 bits per heavy atom. The Hall–Kier alpha value is -1.43. The Labute approximate surface area is 111 Å². The van der Waals surface area contributed by atoms with E-state index in [4.69, 9.17) is 11.5 Å². The zero-order valence-electron chi connectivity index (χ0n) is 10.3. The number of hydrogen-bond acceptors (Lipinski definition) is 5. The van der Waals surface area contributed by atoms with E-state index in [-0.39, 0.29) is 5.69 Å². The highest BCUT2D eigenvalue weighted by molar-refractivity contribution is 7.99. The zero-order valence-corrected chi connectivity index (χ0v) is 11.2. The molecule has 2 atom stereocenters. The first-order chi connectivity index (χ1) is 8.60. The molecule has 1 aromatic heterocycles. The van der Waals surface area contributed by atoms with Gasteiger partial charge in [-0.1, -0.05) is 0 Å². The number of rotatable bonds is 4. The first-order valence-electron chi connectivity index (χ1n) is 5.95. The van der Waals surface area contributed by atoms with Crippen molar-refractivity contribution in [1.82, 2.24) is 4.98 Å². The molecule has 1 saturated carbocycles. The summed E-state index contributed by atoms with van der Waals surface area (Å²) in [5.74, 6) is 0.0320. The maximum atomic E-state index is 11.1. The summed E-state index contributed by atoms with van der Waals surface area (Å²) >= 11 is 1.89. The molecule has 1 aliphatic carbocycles. The van der Waals surface area contributed by atoms with Gasteiger partial charge in [0.1, 0.15) is 11.5 Å². The molecule has 0 saturated heterocycles. The van der Waals surface area contributed by atoms with Gasteiger partial charge in [0, 0.05) is 11.3 Å². The third-order valence-corrected chi connectivity index (χ3v) is 4.33. The van der Waals surface area contributed by atoms with Gasteiger partial charge in [-0.15, -0.1) is 0 Å². The first kappa shape index (κ1) is 13.0. The normalized spacial score (nSPS) is 22.9. The molecule has 0 aromatic carbocycles. The fourth-order valence-corrected chi connectivity index (χ4v) is 3.00. The van der Waals surface area contributed by atoms with E-state index in [1.807, 2.05) is 11.8 Å². The smallest absolute Gasteiger partial charge is 0.267 e. The molecule has 1 aliphatic rings. The van der Waals surface area contributed by atoms with Crippen LogP contribution in [0.5, 0.6) is 0 Å². The number of carbonyl (C=O) groups is 1. The summed E-state index contributed by atoms with van der Waals surface area (Å²) in [7, 11) is 0. The Morgan fingerprint density at radius 1 is 1.50 bits per heavy atom. The molecular weight excluding hydrogens is 248 g/mol. The summed E-state index contributed by atoms with van der Waals surface area (Å²) < 4.78 is 0. The average Bonchev–Trinajstić information content (AvgIpc) is 2.79. The Morgan fingerprint density at radius 3 is 2.89 bits per heavy atom. The first-order valence-corrected chi connectivity index (χ1v) is 7.24. The molecule has 2 unspecified atom stereocenters. The van der Waals surface area contributed by atoms with Gasteiger partial charge in [0.05, 0.1) is 5.69 Å². The fourth-order valence-electron chi connectivity index (χ4n) is 2.20. The Kier molecular flexibility index (Phi) is 3.96. The highest BCUT2D eigenvalue weighted by atomic mass is 32.2. The van der Waals surface area contributed by atoms with Crippen molar-refractivity contribution in [1.29, 1.82) is 0 Å². The molecule has 0 bridgehead atoms. The van der Waals surface area contributed by atoms with Gasteiger partial charge in [-0.2, -0.15) is 11.8 Å². The number of anilines is 2. The number of carbonyl (C=O) groups excluding carboxylic acids is 1. The van der Waals surface area contributed by atoms with E-state index in [9.17, 15) is 4.79 Å². The summed E-state index contributed by atoms with van der Waals surface area (Å²) in [5.41, 5.74) is 11.9. The van der Waals surface area contributed by atoms with Crippen LogP contribution >= 0.6 is 11.8 Å². The number of nitrogens with zero attached hydrogens (tertiary/aromatic N) is 1. The Bertz CT molecular complexity index is 452. The minimum Gasteiger partial charge on any atom is -0.396 e. The third-order valence-electron chi connectivity index (χ3n) is 3.24. The monoisotopic (exact) mass is 266 g/mol. The van der Waals surface area contributed by atoms with Gasteiger partial charge in [0.15, 0.2) is 0 Å². The molecule has 6 heteroatoms. The molecule has 18 heavy (non-hydrogen) atoms. The minimum atomic E-state index is -0.536. The van der Waals surface area contributed by atoms with E-state index in [0.717, 1.165) is 12.8 Å². The number of nitrogens with one attached hydrogen (secondary N) is 1. The predicted molar refractivity (Wildman–Crippen MR) is 75.7 cm³/mol. The van der Waals surface area contributed by atoms with Gasteiger partial charge in [0.2, 0.25) is 0 Å². The number of hydrogen-bond donors (Lipinski definition) is 3. The number of nitrogens with two attached hydrogens (primary N) is 2. The molecule has 1 heterocycles. The summed E-state index contributed by atoms with van der Waals surface area (Å²) in [4.78, 5) is 15.3. The van der Waals surface area contributed by atoms with E-state index in [1.54, 1.807) is 12.1 Å². The Balaban J connectivity index is 2.09. The van der Waals surface area contributed by atoms with Crippen molar-refractivity contribution in [2.24, 2.45) is 5.73 Å². The van der Waals surface area contributed by atoms with Gasteiger partial charge >= 0.3 is 0 Å². The molecule has 0 spiro atoms. The summed E-state index contributed by atoms with van der Waals surface area (Å²) in [5, 5.41) is 4.01. The summed E-state index contributed by atoms with van der Waals surface area (Å²) in [6, 6.07) is 3.58. The van der Waals surface area contributed by atoms with Crippen LogP contribution in [0.1, 0.15) is 29.8 Å². The topological polar surface area (TPSA) is 94.0 Å². The highest BCUT2D eigenvalue weighted by Crippen LogP contribution is 2.30. The fraction of sp³-hybridized carbons (Fsp3) is 0.500. The van der Waals surface area contributed by atoms with E-state index in [2.05, 4.69) is 16.6 Å². The molecule has 98 valence electrons. The van der Waals surface area contributed by atoms with Crippen molar-refractivity contribution in [3.63, 3.8) is 0 Å². The molecule has 2 rings (SSSR count). The maximum absolute atomic E-state index is 11.1. The van der Waals surface area contributed by atoms with Gasteiger partial charge in [-0.05, 0) is 37.7 Å². The van der Waals surface area contributed by atoms with Crippen LogP contribution in [-0.4, -0.2) is 28.4 Å². The van der Waals surface area contributed by atoms with E-state index >= 15 is 0 Å². The second-order valence-electron chi connectivity index (χ2n) is 4.51. The molecule has 5 nitrogen and oxygen atoms in total. The summed E-state index contributed by atoms with van der Waals surface area (Å²) in [6.07, 6.45) is 5.54. The van der Waals surface area contributed by atoms with Gasteiger partial charge in [-0.3, -0.25) is 4.79 Å². The number of nitrogen functional groups attached to an aromatic ring is 1. The lowest BCUT2D eigenvalue weighted by atomic mass is 10.2. The lowest BCUT2D eigenvalue weighted by molar-refractivity contribution is 0.0995. The predicted octanol–water partition coefficient (Wildman–Crippen LogP) is 1.46. The van der Waals surface area contributed by atoms with Crippen LogP contribution in [0.15, 0.2) is 12.1 Å². The maximum Gasteiger partial charge on any atom is 0.267 e. The van der Waals surface area contributed by atoms with Crippen LogP contribution in [-0.2, 0) is 0 Å². The van der Waals surface area contributed by atoms with Crippen LogP contribution in [0.25, 0.3) is 0 Å². The van der Waals surface area contributed by atoms with Crippen LogP contribution < -0.4 is 16.8 Å². The van der Waals surface area contributed by atoms with Crippen molar-refractivity contribution in [3.05, 3.63) is 17.8 Å². The van der Waals surface area contributed by atoms with Crippen LogP contribution in [0.4, 0.5) is 11.5 Å². The second kappa shape index (κ2) is 5.48. The zero-order chi connectivity index (χ0) is 13.1. The van der Waals surface area contributed by atoms with Crippen molar-refractivity contribution >= 4 is 29.2 Å². The second-order valence-corrected chi connectivity index (χ2v) is 5.65. The molecular formula is C12H18N4OS. The van der Waals surface area contributed by atoms with Gasteiger partial charge in [-0.25, -0.2) is 4.98 Å². The van der Waals surface area contributed by atoms with E-state index in [1.165, 1.54) is 6.42 Å². The highest BCUT2D eigenvalue weighted by Gasteiger charge is 2.24. The number of aromatic nitrogens is 1. The lowest BCUT2D eigenvalue weighted by Crippen LogP contribution is -2.20. The summed E-state index contributed by atoms with van der Waals surface area (Å²) in [6.45, 7) is 0. The van der Waals surface area contributed by atoms with Crippen molar-refractivity contribution in [2.45, 2.75) is 30.6 Å². The standard InChI is InChI=1S/C12H18N4OS/c1-18-8-3-2-7(6-8)15-12-9(13)4-5-10(16-12)11(14)17/h4-5,7-8H,2-3,6,13H2,1H3,(H2,14,17)(H,15,16). The molecule has 0 radical (unpaired) electrons. The third kappa shape index (κ3) is 2.87. The minimum absolute atomic E-state index is 0.242. The number of thioether (sulfide) groups is 1. The van der Waals surface area contributed by atoms with Gasteiger partial charge < -0.3 is 16.8 Å². The SMILES string of the molecule is CSC1CCC(Nc2nc(C(N)=O)ccc2N)C1. The van der Waals surface area contributed by atoms with Crippen molar-refractivity contribution in [2.75, 3.05) is 17.3 Å². The van der Waals surface area contributed by atoms with E-state index < -0.39 is 5.91 Å². The van der Waals surface area contributed by atoms with Crippen LogP contribution in [0.3, 0.4) is 0 Å². The molecule has 0 aliphatic heterocycles. The lowest BCUT2D eigenvalue weighted by Gasteiger charge is -2.15. The van der Waals surface area contributed by atoms with E-state index in [0.29, 0.717) is 22.8 Å². The number of primary amides is 1. The largest absolute Gasteiger partial charge is 0.396 e. The van der Waals surface area contributed by atoms with Crippen molar-refractivity contribution < 1.29 is 4.79 Å². The van der Waals surface area contributed by atoms with Gasteiger partial charge in [0.25, 0.3) is 5.91 Å².